The molecule has 0 saturated carbocycles. The highest BCUT2D eigenvalue weighted by atomic mass is 16.5. The van der Waals surface area contributed by atoms with E-state index in [9.17, 15) is 0 Å². The number of nitrogens with one attached hydrogen (secondary N) is 1. The summed E-state index contributed by atoms with van der Waals surface area (Å²) in [7, 11) is 2.06. The summed E-state index contributed by atoms with van der Waals surface area (Å²) in [6.45, 7) is 7.36. The Morgan fingerprint density at radius 1 is 1.65 bits per heavy atom. The van der Waals surface area contributed by atoms with Crippen LogP contribution in [0, 0.1) is 0 Å². The maximum atomic E-state index is 5.61. The minimum absolute atomic E-state index is 0.0781. The summed E-state index contributed by atoms with van der Waals surface area (Å²) < 4.78 is 10.8. The van der Waals surface area contributed by atoms with E-state index in [-0.39, 0.29) is 6.10 Å². The molecule has 0 bridgehead atoms. The molecule has 0 aromatic carbocycles. The highest BCUT2D eigenvalue weighted by Crippen LogP contribution is 2.18. The molecule has 1 unspecified atom stereocenters. The molecular formula is C11H18N4O2. The van der Waals surface area contributed by atoms with Crippen molar-refractivity contribution in [2.24, 2.45) is 0 Å². The second-order valence-corrected chi connectivity index (χ2v) is 4.09. The van der Waals surface area contributed by atoms with Gasteiger partial charge in [0, 0.05) is 19.6 Å². The minimum Gasteiger partial charge on any atom is -0.367 e. The summed E-state index contributed by atoms with van der Waals surface area (Å²) in [5, 5.41) is 7.06. The van der Waals surface area contributed by atoms with Crippen molar-refractivity contribution in [1.29, 1.82) is 0 Å². The minimum atomic E-state index is -0.0781. The van der Waals surface area contributed by atoms with E-state index in [4.69, 9.17) is 9.26 Å². The van der Waals surface area contributed by atoms with E-state index < -0.39 is 0 Å². The lowest BCUT2D eigenvalue weighted by molar-refractivity contribution is -0.0264. The van der Waals surface area contributed by atoms with Crippen LogP contribution in [0.4, 0.5) is 0 Å². The first-order valence-electron chi connectivity index (χ1n) is 5.74. The third-order valence-electron chi connectivity index (χ3n) is 2.61. The Hall–Kier alpha value is -1.24. The summed E-state index contributed by atoms with van der Waals surface area (Å²) in [6.07, 6.45) is 1.71. The smallest absolute Gasteiger partial charge is 0.240 e. The summed E-state index contributed by atoms with van der Waals surface area (Å²) >= 11 is 0. The Morgan fingerprint density at radius 2 is 2.53 bits per heavy atom. The SMILES string of the molecule is C=CCNCc1nc(C2CN(C)CCO2)no1. The zero-order valence-electron chi connectivity index (χ0n) is 10.1. The molecule has 0 aliphatic carbocycles. The topological polar surface area (TPSA) is 63.4 Å². The number of morpholine rings is 1. The van der Waals surface area contributed by atoms with Crippen LogP contribution in [0.25, 0.3) is 0 Å². The monoisotopic (exact) mass is 238 g/mol. The van der Waals surface area contributed by atoms with Crippen LogP contribution >= 0.6 is 0 Å². The van der Waals surface area contributed by atoms with Gasteiger partial charge in [0.05, 0.1) is 13.2 Å². The van der Waals surface area contributed by atoms with Crippen LogP contribution < -0.4 is 5.32 Å². The fraction of sp³-hybridized carbons (Fsp3) is 0.636. The number of hydrogen-bond donors (Lipinski definition) is 1. The molecule has 17 heavy (non-hydrogen) atoms. The largest absolute Gasteiger partial charge is 0.367 e. The quantitative estimate of drug-likeness (QED) is 0.590. The van der Waals surface area contributed by atoms with Crippen molar-refractivity contribution in [3.8, 4) is 0 Å². The van der Waals surface area contributed by atoms with Gasteiger partial charge in [-0.3, -0.25) is 0 Å². The molecule has 1 saturated heterocycles. The molecular weight excluding hydrogens is 220 g/mol. The third kappa shape index (κ3) is 3.36. The molecule has 1 fully saturated rings. The number of aromatic nitrogens is 2. The Morgan fingerprint density at radius 3 is 3.29 bits per heavy atom. The normalized spacial score (nSPS) is 21.6. The van der Waals surface area contributed by atoms with Crippen molar-refractivity contribution in [2.45, 2.75) is 12.6 Å². The molecule has 2 rings (SSSR count). The standard InChI is InChI=1S/C11H18N4O2/c1-3-4-12-7-10-13-11(14-17-10)9-8-15(2)5-6-16-9/h3,9,12H,1,4-8H2,2H3. The van der Waals surface area contributed by atoms with Crippen LogP contribution in [-0.2, 0) is 11.3 Å². The van der Waals surface area contributed by atoms with E-state index in [2.05, 4.69) is 34.0 Å². The maximum Gasteiger partial charge on any atom is 0.240 e. The van der Waals surface area contributed by atoms with Crippen LogP contribution in [0.1, 0.15) is 17.8 Å². The number of ether oxygens (including phenoxy) is 1. The molecule has 1 N–H and O–H groups in total. The zero-order chi connectivity index (χ0) is 12.1. The molecule has 2 heterocycles. The molecule has 94 valence electrons. The predicted octanol–water partition coefficient (Wildman–Crippen LogP) is 0.348. The molecule has 1 aliphatic heterocycles. The molecule has 6 heteroatoms. The van der Waals surface area contributed by atoms with E-state index in [1.165, 1.54) is 0 Å². The number of nitrogens with zero attached hydrogens (tertiary/aromatic N) is 3. The lowest BCUT2D eigenvalue weighted by Crippen LogP contribution is -2.35. The van der Waals surface area contributed by atoms with E-state index in [0.29, 0.717) is 24.9 Å². The highest BCUT2D eigenvalue weighted by molar-refractivity contribution is 4.93. The molecule has 1 aromatic heterocycles. The average molecular weight is 238 g/mol. The van der Waals surface area contributed by atoms with Crippen LogP contribution in [0.5, 0.6) is 0 Å². The van der Waals surface area contributed by atoms with Gasteiger partial charge >= 0.3 is 0 Å². The first-order chi connectivity index (χ1) is 8.29. The molecule has 1 aromatic rings. The van der Waals surface area contributed by atoms with Crippen LogP contribution in [-0.4, -0.2) is 48.3 Å². The Balaban J connectivity index is 1.90. The number of rotatable bonds is 5. The van der Waals surface area contributed by atoms with Gasteiger partial charge in [0.15, 0.2) is 0 Å². The molecule has 0 spiro atoms. The van der Waals surface area contributed by atoms with Crippen molar-refractivity contribution in [1.82, 2.24) is 20.4 Å². The Bertz CT molecular complexity index is 366. The van der Waals surface area contributed by atoms with Gasteiger partial charge in [-0.15, -0.1) is 6.58 Å². The lowest BCUT2D eigenvalue weighted by atomic mass is 10.3. The van der Waals surface area contributed by atoms with Crippen molar-refractivity contribution in [2.75, 3.05) is 33.3 Å². The van der Waals surface area contributed by atoms with E-state index in [0.717, 1.165) is 19.6 Å². The fourth-order valence-corrected chi connectivity index (χ4v) is 1.69. The van der Waals surface area contributed by atoms with Gasteiger partial charge in [0.2, 0.25) is 11.7 Å². The van der Waals surface area contributed by atoms with Crippen LogP contribution in [0.2, 0.25) is 0 Å². The molecule has 0 radical (unpaired) electrons. The summed E-state index contributed by atoms with van der Waals surface area (Å²) in [4.78, 5) is 6.51. The van der Waals surface area contributed by atoms with E-state index >= 15 is 0 Å². The summed E-state index contributed by atoms with van der Waals surface area (Å²) in [5.41, 5.74) is 0. The van der Waals surface area contributed by atoms with Crippen molar-refractivity contribution in [3.63, 3.8) is 0 Å². The van der Waals surface area contributed by atoms with Crippen LogP contribution in [0.15, 0.2) is 17.2 Å². The Labute approximate surface area is 101 Å². The predicted molar refractivity (Wildman–Crippen MR) is 62.4 cm³/mol. The maximum absolute atomic E-state index is 5.61. The Kier molecular flexibility index (Phi) is 4.24. The van der Waals surface area contributed by atoms with Crippen LogP contribution in [0.3, 0.4) is 0 Å². The molecule has 1 atom stereocenters. The number of hydrogen-bond acceptors (Lipinski definition) is 6. The van der Waals surface area contributed by atoms with Gasteiger partial charge in [-0.25, -0.2) is 0 Å². The van der Waals surface area contributed by atoms with Crippen molar-refractivity contribution in [3.05, 3.63) is 24.4 Å². The van der Waals surface area contributed by atoms with E-state index in [1.54, 1.807) is 6.08 Å². The average Bonchev–Trinajstić information content (AvgIpc) is 2.78. The molecule has 6 nitrogen and oxygen atoms in total. The highest BCUT2D eigenvalue weighted by Gasteiger charge is 2.24. The van der Waals surface area contributed by atoms with Gasteiger partial charge in [0.25, 0.3) is 0 Å². The number of likely N-dealkylation sites (N-methyl/N-ethyl adjacent to an activating group) is 1. The lowest BCUT2D eigenvalue weighted by Gasteiger charge is -2.27. The van der Waals surface area contributed by atoms with Crippen molar-refractivity contribution >= 4 is 0 Å². The molecule has 1 aliphatic rings. The van der Waals surface area contributed by atoms with Gasteiger partial charge in [-0.05, 0) is 7.05 Å². The molecule has 0 amide bonds. The first kappa shape index (κ1) is 12.2. The van der Waals surface area contributed by atoms with Gasteiger partial charge in [-0.1, -0.05) is 11.2 Å². The zero-order valence-corrected chi connectivity index (χ0v) is 10.1. The summed E-state index contributed by atoms with van der Waals surface area (Å²) in [6, 6.07) is 0. The van der Waals surface area contributed by atoms with Crippen molar-refractivity contribution < 1.29 is 9.26 Å². The van der Waals surface area contributed by atoms with E-state index in [1.807, 2.05) is 0 Å². The third-order valence-corrected chi connectivity index (χ3v) is 2.61. The first-order valence-corrected chi connectivity index (χ1v) is 5.74. The second kappa shape index (κ2) is 5.90. The van der Waals surface area contributed by atoms with Gasteiger partial charge in [-0.2, -0.15) is 4.98 Å². The fourth-order valence-electron chi connectivity index (χ4n) is 1.69. The van der Waals surface area contributed by atoms with Gasteiger partial charge < -0.3 is 19.5 Å². The second-order valence-electron chi connectivity index (χ2n) is 4.09. The summed E-state index contributed by atoms with van der Waals surface area (Å²) in [5.74, 6) is 1.21. The van der Waals surface area contributed by atoms with Gasteiger partial charge in [0.1, 0.15) is 6.10 Å².